The molecule has 0 amide bonds. The number of rotatable bonds is 4. The maximum Gasteiger partial charge on any atom is 0.153 e. The van der Waals surface area contributed by atoms with E-state index < -0.39 is 36.5 Å². The number of thioether (sulfide) groups is 1. The standard InChI is InChI=1S/C14H17NO6S2/c1-20-6-2-3-7-9(4-6)22-14(15-7)23-13-12(19)11(18)10(17)8(5-16)21-13/h2-4,8,10-13,16-19H,5H2,1H3/t8-,10-,11+,12-,13+/m1/s1. The highest BCUT2D eigenvalue weighted by Crippen LogP contribution is 2.38. The Kier molecular flexibility index (Phi) is 5.07. The van der Waals surface area contributed by atoms with Crippen molar-refractivity contribution in [2.45, 2.75) is 34.2 Å². The summed E-state index contributed by atoms with van der Waals surface area (Å²) in [6.07, 6.45) is -4.93. The van der Waals surface area contributed by atoms with Gasteiger partial charge in [0.15, 0.2) is 4.34 Å². The summed E-state index contributed by atoms with van der Waals surface area (Å²) >= 11 is 2.56. The molecular formula is C14H17NO6S2. The highest BCUT2D eigenvalue weighted by Gasteiger charge is 2.44. The Morgan fingerprint density at radius 1 is 1.26 bits per heavy atom. The second-order valence-corrected chi connectivity index (χ2v) is 7.50. The average Bonchev–Trinajstić information content (AvgIpc) is 2.96. The normalized spacial score (nSPS) is 31.4. The third-order valence-corrected chi connectivity index (χ3v) is 5.91. The number of aromatic nitrogens is 1. The molecule has 5 atom stereocenters. The molecule has 0 radical (unpaired) electrons. The van der Waals surface area contributed by atoms with Gasteiger partial charge in [0.05, 0.1) is 23.9 Å². The second-order valence-electron chi connectivity index (χ2n) is 5.13. The number of benzene rings is 1. The first kappa shape index (κ1) is 16.9. The van der Waals surface area contributed by atoms with E-state index in [0.717, 1.165) is 27.7 Å². The van der Waals surface area contributed by atoms with Crippen molar-refractivity contribution in [3.8, 4) is 5.75 Å². The first-order valence-corrected chi connectivity index (χ1v) is 8.65. The molecule has 23 heavy (non-hydrogen) atoms. The molecule has 0 bridgehead atoms. The first-order valence-electron chi connectivity index (χ1n) is 6.95. The average molecular weight is 359 g/mol. The van der Waals surface area contributed by atoms with Crippen LogP contribution in [0.4, 0.5) is 0 Å². The van der Waals surface area contributed by atoms with E-state index in [1.54, 1.807) is 7.11 Å². The summed E-state index contributed by atoms with van der Waals surface area (Å²) in [5, 5.41) is 38.9. The van der Waals surface area contributed by atoms with Crippen molar-refractivity contribution in [1.82, 2.24) is 4.98 Å². The molecule has 9 heteroatoms. The summed E-state index contributed by atoms with van der Waals surface area (Å²) in [6.45, 7) is -0.445. The van der Waals surface area contributed by atoms with E-state index >= 15 is 0 Å². The van der Waals surface area contributed by atoms with Crippen LogP contribution in [0, 0.1) is 0 Å². The predicted octanol–water partition coefficient (Wildman–Crippen LogP) is 0.197. The van der Waals surface area contributed by atoms with Gasteiger partial charge in [-0.25, -0.2) is 4.98 Å². The van der Waals surface area contributed by atoms with E-state index in [4.69, 9.17) is 9.47 Å². The smallest absolute Gasteiger partial charge is 0.153 e. The monoisotopic (exact) mass is 359 g/mol. The van der Waals surface area contributed by atoms with E-state index in [2.05, 4.69) is 4.98 Å². The van der Waals surface area contributed by atoms with Crippen LogP contribution in [0.3, 0.4) is 0 Å². The molecule has 2 aromatic rings. The maximum absolute atomic E-state index is 10.1. The number of nitrogens with zero attached hydrogens (tertiary/aromatic N) is 1. The molecule has 1 saturated heterocycles. The molecule has 0 unspecified atom stereocenters. The molecule has 0 aliphatic carbocycles. The molecule has 4 N–H and O–H groups in total. The van der Waals surface area contributed by atoms with Gasteiger partial charge in [0.2, 0.25) is 0 Å². The van der Waals surface area contributed by atoms with E-state index in [0.29, 0.717) is 4.34 Å². The number of methoxy groups -OCH3 is 1. The quantitative estimate of drug-likeness (QED) is 0.612. The summed E-state index contributed by atoms with van der Waals surface area (Å²) in [6, 6.07) is 5.51. The Bertz CT molecular complexity index is 678. The van der Waals surface area contributed by atoms with Crippen LogP contribution in [0.15, 0.2) is 22.5 Å². The molecule has 0 spiro atoms. The van der Waals surface area contributed by atoms with Gasteiger partial charge in [-0.2, -0.15) is 0 Å². The molecule has 3 rings (SSSR count). The minimum atomic E-state index is -1.38. The van der Waals surface area contributed by atoms with E-state index in [1.165, 1.54) is 11.3 Å². The van der Waals surface area contributed by atoms with E-state index in [1.807, 2.05) is 18.2 Å². The maximum atomic E-state index is 10.1. The summed E-state index contributed by atoms with van der Waals surface area (Å²) in [5.41, 5.74) is -0.0316. The number of aliphatic hydroxyl groups excluding tert-OH is 4. The molecule has 0 saturated carbocycles. The number of aliphatic hydroxyl groups is 4. The Labute approximate surface area is 140 Å². The lowest BCUT2D eigenvalue weighted by Gasteiger charge is -2.39. The topological polar surface area (TPSA) is 112 Å². The highest BCUT2D eigenvalue weighted by molar-refractivity contribution is 8.01. The Morgan fingerprint density at radius 3 is 2.74 bits per heavy atom. The van der Waals surface area contributed by atoms with Crippen molar-refractivity contribution >= 4 is 33.3 Å². The minimum absolute atomic E-state index is 0.445. The zero-order chi connectivity index (χ0) is 16.6. The fourth-order valence-electron chi connectivity index (χ4n) is 2.33. The molecule has 1 fully saturated rings. The molecule has 1 aromatic carbocycles. The lowest BCUT2D eigenvalue weighted by Crippen LogP contribution is -2.57. The van der Waals surface area contributed by atoms with Crippen LogP contribution in [0.25, 0.3) is 10.2 Å². The Balaban J connectivity index is 1.80. The number of fused-ring (bicyclic) bond motifs is 1. The lowest BCUT2D eigenvalue weighted by atomic mass is 10.0. The van der Waals surface area contributed by atoms with Crippen molar-refractivity contribution in [2.24, 2.45) is 0 Å². The van der Waals surface area contributed by atoms with Gasteiger partial charge in [0.25, 0.3) is 0 Å². The van der Waals surface area contributed by atoms with Crippen molar-refractivity contribution in [2.75, 3.05) is 13.7 Å². The zero-order valence-corrected chi connectivity index (χ0v) is 13.8. The molecule has 1 aliphatic rings. The van der Waals surface area contributed by atoms with Crippen LogP contribution in [-0.4, -0.2) is 69.0 Å². The number of hydrogen-bond acceptors (Lipinski definition) is 9. The number of hydrogen-bond donors (Lipinski definition) is 4. The minimum Gasteiger partial charge on any atom is -0.497 e. The van der Waals surface area contributed by atoms with Crippen molar-refractivity contribution in [3.05, 3.63) is 18.2 Å². The van der Waals surface area contributed by atoms with E-state index in [9.17, 15) is 20.4 Å². The summed E-state index contributed by atoms with van der Waals surface area (Å²) in [5.74, 6) is 0.727. The predicted molar refractivity (Wildman–Crippen MR) is 85.8 cm³/mol. The van der Waals surface area contributed by atoms with Crippen LogP contribution in [0.5, 0.6) is 5.75 Å². The van der Waals surface area contributed by atoms with Gasteiger partial charge >= 0.3 is 0 Å². The molecule has 7 nitrogen and oxygen atoms in total. The van der Waals surface area contributed by atoms with E-state index in [-0.39, 0.29) is 0 Å². The van der Waals surface area contributed by atoms with Crippen LogP contribution in [-0.2, 0) is 4.74 Å². The van der Waals surface area contributed by atoms with Gasteiger partial charge in [-0.1, -0.05) is 11.8 Å². The molecule has 1 aromatic heterocycles. The summed E-state index contributed by atoms with van der Waals surface area (Å²) < 4.78 is 12.2. The van der Waals surface area contributed by atoms with Crippen LogP contribution >= 0.6 is 23.1 Å². The van der Waals surface area contributed by atoms with Crippen molar-refractivity contribution in [3.63, 3.8) is 0 Å². The fraction of sp³-hybridized carbons (Fsp3) is 0.500. The molecule has 126 valence electrons. The second kappa shape index (κ2) is 6.89. The SMILES string of the molecule is COc1ccc2nc(S[C@@H]3O[C@H](CO)[C@@H](O)[C@H](O)[C@H]3O)sc2c1. The third kappa shape index (κ3) is 3.31. The Hall–Kier alpha value is -0.940. The van der Waals surface area contributed by atoms with Gasteiger partial charge in [-0.3, -0.25) is 0 Å². The number of thiazole rings is 1. The largest absolute Gasteiger partial charge is 0.497 e. The van der Waals surface area contributed by atoms with Crippen molar-refractivity contribution in [1.29, 1.82) is 0 Å². The van der Waals surface area contributed by atoms with Gasteiger partial charge in [0.1, 0.15) is 35.6 Å². The Morgan fingerprint density at radius 2 is 2.04 bits per heavy atom. The highest BCUT2D eigenvalue weighted by atomic mass is 32.2. The van der Waals surface area contributed by atoms with Gasteiger partial charge < -0.3 is 29.9 Å². The summed E-state index contributed by atoms with van der Waals surface area (Å²) in [7, 11) is 1.59. The van der Waals surface area contributed by atoms with Crippen LogP contribution in [0.1, 0.15) is 0 Å². The lowest BCUT2D eigenvalue weighted by molar-refractivity contribution is -0.205. The van der Waals surface area contributed by atoms with Gasteiger partial charge in [-0.15, -0.1) is 11.3 Å². The molecular weight excluding hydrogens is 342 g/mol. The van der Waals surface area contributed by atoms with Gasteiger partial charge in [0, 0.05) is 0 Å². The first-order chi connectivity index (χ1) is 11.0. The third-order valence-electron chi connectivity index (χ3n) is 3.64. The van der Waals surface area contributed by atoms with Gasteiger partial charge in [-0.05, 0) is 18.2 Å². The van der Waals surface area contributed by atoms with Crippen LogP contribution < -0.4 is 4.74 Å². The zero-order valence-electron chi connectivity index (χ0n) is 12.2. The van der Waals surface area contributed by atoms with Crippen molar-refractivity contribution < 1.29 is 29.9 Å². The summed E-state index contributed by atoms with van der Waals surface area (Å²) in [4.78, 5) is 4.44. The number of ether oxygens (including phenoxy) is 2. The molecule has 1 aliphatic heterocycles. The fourth-order valence-corrected chi connectivity index (χ4v) is 4.65. The molecule has 2 heterocycles. The van der Waals surface area contributed by atoms with Crippen LogP contribution in [0.2, 0.25) is 0 Å².